The fourth-order valence-electron chi connectivity index (χ4n) is 2.84. The zero-order chi connectivity index (χ0) is 15.3. The van der Waals surface area contributed by atoms with Crippen molar-refractivity contribution < 1.29 is 0 Å². The van der Waals surface area contributed by atoms with Crippen molar-refractivity contribution in [3.8, 4) is 6.07 Å². The number of nitriles is 1. The van der Waals surface area contributed by atoms with E-state index in [0.717, 1.165) is 25.1 Å². The summed E-state index contributed by atoms with van der Waals surface area (Å²) in [5.41, 5.74) is 0.546. The zero-order valence-corrected chi connectivity index (χ0v) is 13.5. The summed E-state index contributed by atoms with van der Waals surface area (Å²) in [6.07, 6.45) is 3.21. The molecule has 1 aromatic carbocycles. The Kier molecular flexibility index (Phi) is 5.39. The largest absolute Gasteiger partial charge is 0.301 e. The van der Waals surface area contributed by atoms with Crippen LogP contribution in [0.15, 0.2) is 30.3 Å². The van der Waals surface area contributed by atoms with Gasteiger partial charge in [0.15, 0.2) is 0 Å². The number of benzene rings is 1. The van der Waals surface area contributed by atoms with Crippen molar-refractivity contribution in [3.05, 3.63) is 35.9 Å². The van der Waals surface area contributed by atoms with Crippen LogP contribution in [0.25, 0.3) is 0 Å². The van der Waals surface area contributed by atoms with Crippen molar-refractivity contribution in [1.82, 2.24) is 10.2 Å². The van der Waals surface area contributed by atoms with Gasteiger partial charge < -0.3 is 4.90 Å². The number of rotatable bonds is 8. The average Bonchev–Trinajstić information content (AvgIpc) is 3.31. The molecular formula is C18H27N3. The van der Waals surface area contributed by atoms with Crippen LogP contribution in [-0.2, 0) is 5.54 Å². The molecule has 2 rings (SSSR count). The van der Waals surface area contributed by atoms with Crippen LogP contribution >= 0.6 is 0 Å². The van der Waals surface area contributed by atoms with Gasteiger partial charge in [0, 0.05) is 18.6 Å². The zero-order valence-electron chi connectivity index (χ0n) is 13.5. The Morgan fingerprint density at radius 2 is 2.00 bits per heavy atom. The topological polar surface area (TPSA) is 39.1 Å². The van der Waals surface area contributed by atoms with Crippen LogP contribution in [0, 0.1) is 11.3 Å². The highest BCUT2D eigenvalue weighted by molar-refractivity contribution is 5.32. The third-order valence-electron chi connectivity index (χ3n) is 4.40. The first-order chi connectivity index (χ1) is 10.1. The van der Waals surface area contributed by atoms with Gasteiger partial charge >= 0.3 is 0 Å². The van der Waals surface area contributed by atoms with Crippen LogP contribution in [0.1, 0.15) is 45.6 Å². The Bertz CT molecular complexity index is 473. The molecule has 1 aliphatic rings. The van der Waals surface area contributed by atoms with E-state index in [-0.39, 0.29) is 0 Å². The maximum atomic E-state index is 9.90. The van der Waals surface area contributed by atoms with Crippen LogP contribution in [0.4, 0.5) is 0 Å². The molecule has 1 aromatic rings. The van der Waals surface area contributed by atoms with Gasteiger partial charge in [-0.1, -0.05) is 37.3 Å². The van der Waals surface area contributed by atoms with Crippen molar-refractivity contribution in [2.24, 2.45) is 0 Å². The van der Waals surface area contributed by atoms with E-state index in [1.165, 1.54) is 12.8 Å². The second kappa shape index (κ2) is 7.06. The molecule has 0 spiro atoms. The summed E-state index contributed by atoms with van der Waals surface area (Å²) in [6.45, 7) is 8.58. The molecular weight excluding hydrogens is 258 g/mol. The lowest BCUT2D eigenvalue weighted by Crippen LogP contribution is -2.46. The van der Waals surface area contributed by atoms with Crippen molar-refractivity contribution >= 4 is 0 Å². The first-order valence-corrected chi connectivity index (χ1v) is 8.10. The molecule has 3 nitrogen and oxygen atoms in total. The van der Waals surface area contributed by atoms with E-state index in [1.807, 2.05) is 18.2 Å². The van der Waals surface area contributed by atoms with Crippen molar-refractivity contribution in [3.63, 3.8) is 0 Å². The van der Waals surface area contributed by atoms with E-state index in [4.69, 9.17) is 0 Å². The molecule has 1 N–H and O–H groups in total. The Morgan fingerprint density at radius 3 is 2.48 bits per heavy atom. The van der Waals surface area contributed by atoms with Gasteiger partial charge in [-0.15, -0.1) is 0 Å². The lowest BCUT2D eigenvalue weighted by molar-refractivity contribution is 0.207. The molecule has 114 valence electrons. The van der Waals surface area contributed by atoms with E-state index in [2.05, 4.69) is 49.2 Å². The summed E-state index contributed by atoms with van der Waals surface area (Å²) in [5.74, 6) is 0. The molecule has 3 heteroatoms. The predicted molar refractivity (Wildman–Crippen MR) is 86.9 cm³/mol. The van der Waals surface area contributed by atoms with Crippen molar-refractivity contribution in [1.29, 1.82) is 5.26 Å². The second-order valence-corrected chi connectivity index (χ2v) is 6.27. The molecule has 1 atom stereocenters. The molecule has 21 heavy (non-hydrogen) atoms. The van der Waals surface area contributed by atoms with Crippen molar-refractivity contribution in [2.45, 2.75) is 57.7 Å². The fraction of sp³-hybridized carbons (Fsp3) is 0.611. The standard InChI is InChI=1S/C18H27N3/c1-4-21(15(2)3)13-12-18(14-19,20-17-10-11-17)16-8-6-5-7-9-16/h5-9,15,17,20H,4,10-13H2,1-3H3. The summed E-state index contributed by atoms with van der Waals surface area (Å²) >= 11 is 0. The smallest absolute Gasteiger partial charge is 0.133 e. The maximum Gasteiger partial charge on any atom is 0.133 e. The number of hydrogen-bond donors (Lipinski definition) is 1. The van der Waals surface area contributed by atoms with Crippen LogP contribution in [0.5, 0.6) is 0 Å². The highest BCUT2D eigenvalue weighted by atomic mass is 15.1. The minimum Gasteiger partial charge on any atom is -0.301 e. The predicted octanol–water partition coefficient (Wildman–Crippen LogP) is 3.28. The fourth-order valence-corrected chi connectivity index (χ4v) is 2.84. The second-order valence-electron chi connectivity index (χ2n) is 6.27. The van der Waals surface area contributed by atoms with E-state index in [0.29, 0.717) is 12.1 Å². The van der Waals surface area contributed by atoms with Gasteiger partial charge in [0.05, 0.1) is 6.07 Å². The van der Waals surface area contributed by atoms with Crippen LogP contribution in [0.2, 0.25) is 0 Å². The Morgan fingerprint density at radius 1 is 1.33 bits per heavy atom. The number of hydrogen-bond acceptors (Lipinski definition) is 3. The molecule has 0 saturated heterocycles. The Balaban J connectivity index is 2.17. The average molecular weight is 285 g/mol. The summed E-state index contributed by atoms with van der Waals surface area (Å²) in [4.78, 5) is 2.42. The monoisotopic (exact) mass is 285 g/mol. The van der Waals surface area contributed by atoms with Gasteiger partial charge in [-0.25, -0.2) is 0 Å². The van der Waals surface area contributed by atoms with Gasteiger partial charge in [-0.05, 0) is 45.2 Å². The minimum atomic E-state index is -0.551. The van der Waals surface area contributed by atoms with Crippen LogP contribution < -0.4 is 5.32 Å². The molecule has 0 heterocycles. The lowest BCUT2D eigenvalue weighted by atomic mass is 9.87. The van der Waals surface area contributed by atoms with Crippen LogP contribution in [0.3, 0.4) is 0 Å². The highest BCUT2D eigenvalue weighted by Gasteiger charge is 2.38. The quantitative estimate of drug-likeness (QED) is 0.796. The summed E-state index contributed by atoms with van der Waals surface area (Å²) in [7, 11) is 0. The minimum absolute atomic E-state index is 0.513. The summed E-state index contributed by atoms with van der Waals surface area (Å²) in [6, 6.07) is 13.8. The van der Waals surface area contributed by atoms with Gasteiger partial charge in [0.1, 0.15) is 5.54 Å². The third kappa shape index (κ3) is 4.06. The summed E-state index contributed by atoms with van der Waals surface area (Å²) in [5, 5.41) is 13.5. The Labute approximate surface area is 129 Å². The SMILES string of the molecule is CCN(CCC(C#N)(NC1CC1)c1ccccc1)C(C)C. The van der Waals surface area contributed by atoms with Gasteiger partial charge in [0.2, 0.25) is 0 Å². The normalized spacial score (nSPS) is 17.7. The molecule has 0 radical (unpaired) electrons. The molecule has 1 aliphatic carbocycles. The summed E-state index contributed by atoms with van der Waals surface area (Å²) < 4.78 is 0. The molecule has 0 aromatic heterocycles. The van der Waals surface area contributed by atoms with Gasteiger partial charge in [-0.3, -0.25) is 5.32 Å². The lowest BCUT2D eigenvalue weighted by Gasteiger charge is -2.33. The first-order valence-electron chi connectivity index (χ1n) is 8.10. The molecule has 0 amide bonds. The number of nitrogens with one attached hydrogen (secondary N) is 1. The molecule has 1 unspecified atom stereocenters. The van der Waals surface area contributed by atoms with E-state index < -0.39 is 5.54 Å². The third-order valence-corrected chi connectivity index (χ3v) is 4.40. The van der Waals surface area contributed by atoms with E-state index >= 15 is 0 Å². The first kappa shape index (κ1) is 16.0. The molecule has 1 saturated carbocycles. The van der Waals surface area contributed by atoms with E-state index in [1.54, 1.807) is 0 Å². The van der Waals surface area contributed by atoms with Gasteiger partial charge in [0.25, 0.3) is 0 Å². The maximum absolute atomic E-state index is 9.90. The highest BCUT2D eigenvalue weighted by Crippen LogP contribution is 2.31. The van der Waals surface area contributed by atoms with Crippen molar-refractivity contribution in [2.75, 3.05) is 13.1 Å². The molecule has 0 bridgehead atoms. The van der Waals surface area contributed by atoms with Crippen LogP contribution in [-0.4, -0.2) is 30.1 Å². The molecule has 1 fully saturated rings. The molecule has 0 aliphatic heterocycles. The number of nitrogens with zero attached hydrogens (tertiary/aromatic N) is 2. The van der Waals surface area contributed by atoms with Gasteiger partial charge in [-0.2, -0.15) is 5.26 Å². The Hall–Kier alpha value is -1.37. The van der Waals surface area contributed by atoms with E-state index in [9.17, 15) is 5.26 Å².